The highest BCUT2D eigenvalue weighted by atomic mass is 32.2. The first kappa shape index (κ1) is 11.7. The summed E-state index contributed by atoms with van der Waals surface area (Å²) in [6.45, 7) is 1.95. The van der Waals surface area contributed by atoms with E-state index < -0.39 is 10.8 Å². The molecular weight excluding hydrogens is 210 g/mol. The van der Waals surface area contributed by atoms with Crippen LogP contribution in [0.5, 0.6) is 0 Å². The highest BCUT2D eigenvalue weighted by Crippen LogP contribution is 2.08. The van der Waals surface area contributed by atoms with Crippen molar-refractivity contribution in [3.63, 3.8) is 0 Å². The number of rotatable bonds is 4. The molecule has 1 aromatic heterocycles. The minimum Gasteiger partial charge on any atom is -0.382 e. The lowest BCUT2D eigenvalue weighted by Crippen LogP contribution is -2.22. The number of nitriles is 1. The van der Waals surface area contributed by atoms with Gasteiger partial charge in [-0.2, -0.15) is 5.26 Å². The zero-order valence-electron chi connectivity index (χ0n) is 8.73. The fraction of sp³-hybridized carbons (Fsp3) is 0.400. The first-order valence-electron chi connectivity index (χ1n) is 4.54. The number of pyridine rings is 1. The van der Waals surface area contributed by atoms with E-state index in [4.69, 9.17) is 5.26 Å². The van der Waals surface area contributed by atoms with E-state index >= 15 is 0 Å². The number of anilines is 1. The van der Waals surface area contributed by atoms with E-state index in [9.17, 15) is 4.21 Å². The molecule has 2 atom stereocenters. The van der Waals surface area contributed by atoms with Crippen LogP contribution in [-0.4, -0.2) is 27.2 Å². The molecule has 1 rings (SSSR count). The van der Waals surface area contributed by atoms with Crippen LogP contribution in [0, 0.1) is 11.3 Å². The van der Waals surface area contributed by atoms with Gasteiger partial charge >= 0.3 is 0 Å². The highest BCUT2D eigenvalue weighted by Gasteiger charge is 2.04. The van der Waals surface area contributed by atoms with Crippen molar-refractivity contribution in [3.8, 4) is 6.07 Å². The first-order chi connectivity index (χ1) is 7.11. The second-order valence-corrected chi connectivity index (χ2v) is 4.81. The number of hydrogen-bond donors (Lipinski definition) is 1. The predicted molar refractivity (Wildman–Crippen MR) is 61.0 cm³/mol. The van der Waals surface area contributed by atoms with E-state index in [0.717, 1.165) is 5.69 Å². The van der Waals surface area contributed by atoms with Crippen LogP contribution < -0.4 is 5.32 Å². The lowest BCUT2D eigenvalue weighted by molar-refractivity contribution is 0.683. The van der Waals surface area contributed by atoms with Crippen LogP contribution in [0.4, 0.5) is 5.69 Å². The minimum atomic E-state index is -0.820. The third-order valence-corrected chi connectivity index (χ3v) is 2.74. The van der Waals surface area contributed by atoms with Crippen molar-refractivity contribution in [2.24, 2.45) is 0 Å². The molecule has 0 aromatic carbocycles. The quantitative estimate of drug-likeness (QED) is 0.831. The third-order valence-electron chi connectivity index (χ3n) is 1.77. The van der Waals surface area contributed by atoms with E-state index in [1.54, 1.807) is 24.6 Å². The summed E-state index contributed by atoms with van der Waals surface area (Å²) in [5.41, 5.74) is 1.21. The van der Waals surface area contributed by atoms with Crippen molar-refractivity contribution in [2.75, 3.05) is 17.3 Å². The maximum atomic E-state index is 11.0. The predicted octanol–water partition coefficient (Wildman–Crippen LogP) is 1.13. The van der Waals surface area contributed by atoms with E-state index in [1.807, 2.05) is 13.0 Å². The molecule has 0 fully saturated rings. The van der Waals surface area contributed by atoms with Crippen molar-refractivity contribution in [2.45, 2.75) is 13.0 Å². The van der Waals surface area contributed by atoms with Crippen molar-refractivity contribution in [1.29, 1.82) is 5.26 Å². The Kier molecular flexibility index (Phi) is 4.25. The minimum absolute atomic E-state index is 0.116. The lowest BCUT2D eigenvalue weighted by Gasteiger charge is -2.13. The molecule has 1 N–H and O–H groups in total. The molecule has 0 amide bonds. The van der Waals surface area contributed by atoms with Gasteiger partial charge in [0.1, 0.15) is 11.8 Å². The largest absolute Gasteiger partial charge is 0.382 e. The van der Waals surface area contributed by atoms with Crippen LogP contribution in [0.1, 0.15) is 12.6 Å². The van der Waals surface area contributed by atoms with Gasteiger partial charge in [-0.05, 0) is 19.1 Å². The maximum Gasteiger partial charge on any atom is 0.142 e. The van der Waals surface area contributed by atoms with Gasteiger partial charge in [0.05, 0.1) is 0 Å². The van der Waals surface area contributed by atoms with Gasteiger partial charge in [0, 0.05) is 40.7 Å². The summed E-state index contributed by atoms with van der Waals surface area (Å²) in [6, 6.07) is 5.55. The zero-order chi connectivity index (χ0) is 11.3. The number of nitrogens with zero attached hydrogens (tertiary/aromatic N) is 2. The molecule has 1 heterocycles. The van der Waals surface area contributed by atoms with Gasteiger partial charge in [0.2, 0.25) is 0 Å². The van der Waals surface area contributed by atoms with E-state index in [0.29, 0.717) is 11.4 Å². The summed E-state index contributed by atoms with van der Waals surface area (Å²) >= 11 is 0. The standard InChI is InChI=1S/C10H13N3OS/c1-8(7-15(2)14)13-9-3-4-12-10(5-9)6-11/h3-5,8H,7H2,1-2H3,(H,12,13). The van der Waals surface area contributed by atoms with E-state index in [-0.39, 0.29) is 6.04 Å². The Hall–Kier alpha value is -1.41. The van der Waals surface area contributed by atoms with Crippen molar-refractivity contribution in [3.05, 3.63) is 24.0 Å². The summed E-state index contributed by atoms with van der Waals surface area (Å²) in [7, 11) is -0.820. The molecule has 0 bridgehead atoms. The monoisotopic (exact) mass is 223 g/mol. The summed E-state index contributed by atoms with van der Waals surface area (Å²) in [6.07, 6.45) is 3.25. The molecule has 0 saturated heterocycles. The Morgan fingerprint density at radius 3 is 3.07 bits per heavy atom. The van der Waals surface area contributed by atoms with Gasteiger partial charge in [0.25, 0.3) is 0 Å². The van der Waals surface area contributed by atoms with Gasteiger partial charge < -0.3 is 5.32 Å². The number of nitrogens with one attached hydrogen (secondary N) is 1. The average molecular weight is 223 g/mol. The smallest absolute Gasteiger partial charge is 0.142 e. The molecular formula is C10H13N3OS. The van der Waals surface area contributed by atoms with Crippen LogP contribution >= 0.6 is 0 Å². The molecule has 0 aliphatic rings. The Balaban J connectivity index is 2.64. The zero-order valence-corrected chi connectivity index (χ0v) is 9.54. The molecule has 0 spiro atoms. The number of hydrogen-bond acceptors (Lipinski definition) is 4. The fourth-order valence-electron chi connectivity index (χ4n) is 1.26. The SMILES string of the molecule is CC(CS(C)=O)Nc1ccnc(C#N)c1. The van der Waals surface area contributed by atoms with Crippen molar-refractivity contribution < 1.29 is 4.21 Å². The Morgan fingerprint density at radius 2 is 2.47 bits per heavy atom. The van der Waals surface area contributed by atoms with Gasteiger partial charge in [-0.15, -0.1) is 0 Å². The van der Waals surface area contributed by atoms with Crippen LogP contribution in [0.25, 0.3) is 0 Å². The molecule has 80 valence electrons. The molecule has 0 aliphatic carbocycles. The fourth-order valence-corrected chi connectivity index (χ4v) is 2.05. The Morgan fingerprint density at radius 1 is 1.73 bits per heavy atom. The van der Waals surface area contributed by atoms with Gasteiger partial charge in [-0.3, -0.25) is 4.21 Å². The van der Waals surface area contributed by atoms with Crippen LogP contribution in [0.15, 0.2) is 18.3 Å². The molecule has 5 heteroatoms. The van der Waals surface area contributed by atoms with Crippen molar-refractivity contribution in [1.82, 2.24) is 4.98 Å². The maximum absolute atomic E-state index is 11.0. The van der Waals surface area contributed by atoms with Crippen LogP contribution in [-0.2, 0) is 10.8 Å². The first-order valence-corrected chi connectivity index (χ1v) is 6.27. The lowest BCUT2D eigenvalue weighted by atomic mass is 10.3. The molecule has 4 nitrogen and oxygen atoms in total. The Bertz CT molecular complexity index is 400. The summed E-state index contributed by atoms with van der Waals surface area (Å²) in [5.74, 6) is 0.588. The van der Waals surface area contributed by atoms with Gasteiger partial charge in [-0.25, -0.2) is 4.98 Å². The van der Waals surface area contributed by atoms with Crippen molar-refractivity contribution >= 4 is 16.5 Å². The van der Waals surface area contributed by atoms with Gasteiger partial charge in [0.15, 0.2) is 0 Å². The summed E-state index contributed by atoms with van der Waals surface area (Å²) < 4.78 is 11.0. The normalized spacial score (nSPS) is 13.9. The Labute approximate surface area is 91.8 Å². The molecule has 2 unspecified atom stereocenters. The summed E-state index contributed by atoms with van der Waals surface area (Å²) in [4.78, 5) is 3.87. The average Bonchev–Trinajstić information content (AvgIpc) is 2.16. The van der Waals surface area contributed by atoms with E-state index in [1.165, 1.54) is 0 Å². The third kappa shape index (κ3) is 4.09. The topological polar surface area (TPSA) is 65.8 Å². The van der Waals surface area contributed by atoms with Crippen LogP contribution in [0.2, 0.25) is 0 Å². The number of aromatic nitrogens is 1. The van der Waals surface area contributed by atoms with Gasteiger partial charge in [-0.1, -0.05) is 0 Å². The summed E-state index contributed by atoms with van der Waals surface area (Å²) in [5, 5.41) is 11.8. The van der Waals surface area contributed by atoms with E-state index in [2.05, 4.69) is 10.3 Å². The second kappa shape index (κ2) is 5.47. The molecule has 0 saturated carbocycles. The molecule has 0 radical (unpaired) electrons. The van der Waals surface area contributed by atoms with Crippen LogP contribution in [0.3, 0.4) is 0 Å². The second-order valence-electron chi connectivity index (χ2n) is 3.33. The molecule has 0 aliphatic heterocycles. The highest BCUT2D eigenvalue weighted by molar-refractivity contribution is 7.84. The molecule has 1 aromatic rings. The molecule has 15 heavy (non-hydrogen) atoms.